The van der Waals surface area contributed by atoms with Crippen LogP contribution in [-0.2, 0) is 10.0 Å². The highest BCUT2D eigenvalue weighted by atomic mass is 32.2. The van der Waals surface area contributed by atoms with Gasteiger partial charge in [0.15, 0.2) is 0 Å². The van der Waals surface area contributed by atoms with Crippen LogP contribution in [0.15, 0.2) is 65.6 Å². The molecule has 7 heteroatoms. The summed E-state index contributed by atoms with van der Waals surface area (Å²) in [5, 5.41) is 3.14. The maximum Gasteiger partial charge on any atom is 0.262 e. The van der Waals surface area contributed by atoms with Crippen molar-refractivity contribution < 1.29 is 17.9 Å². The van der Waals surface area contributed by atoms with Gasteiger partial charge in [-0.25, -0.2) is 8.42 Å². The van der Waals surface area contributed by atoms with E-state index in [1.807, 2.05) is 50.2 Å². The van der Waals surface area contributed by atoms with Crippen LogP contribution in [0.1, 0.15) is 71.8 Å². The number of amides is 1. The van der Waals surface area contributed by atoms with Crippen LogP contribution in [0.4, 0.5) is 5.69 Å². The molecule has 0 saturated heterocycles. The molecule has 190 valence electrons. The Balaban J connectivity index is 1.63. The van der Waals surface area contributed by atoms with Crippen LogP contribution in [0.3, 0.4) is 0 Å². The van der Waals surface area contributed by atoms with Gasteiger partial charge in [-0.05, 0) is 74.6 Å². The van der Waals surface area contributed by atoms with E-state index in [1.54, 1.807) is 25.1 Å². The third-order valence-corrected chi connectivity index (χ3v) is 8.89. The molecule has 1 amide bonds. The van der Waals surface area contributed by atoms with Gasteiger partial charge in [-0.1, -0.05) is 50.2 Å². The van der Waals surface area contributed by atoms with E-state index in [1.165, 1.54) is 6.07 Å². The van der Waals surface area contributed by atoms with E-state index in [-0.39, 0.29) is 22.4 Å². The van der Waals surface area contributed by atoms with Gasteiger partial charge in [0.05, 0.1) is 16.6 Å². The highest BCUT2D eigenvalue weighted by molar-refractivity contribution is 7.92. The van der Waals surface area contributed by atoms with Crippen LogP contribution in [0.2, 0.25) is 0 Å². The SMILES string of the molecule is CCC1(CC)C[C@@H](NC(=O)c2ccc(C)c(S(=O)(=O)Nc3cccc(C)c3C)c2)c2ccccc2O1. The van der Waals surface area contributed by atoms with E-state index in [9.17, 15) is 13.2 Å². The average molecular weight is 507 g/mol. The van der Waals surface area contributed by atoms with Gasteiger partial charge >= 0.3 is 0 Å². The number of hydrogen-bond donors (Lipinski definition) is 2. The third-order valence-electron chi connectivity index (χ3n) is 7.38. The van der Waals surface area contributed by atoms with Crippen LogP contribution < -0.4 is 14.8 Å². The van der Waals surface area contributed by atoms with Crippen molar-refractivity contribution in [1.29, 1.82) is 0 Å². The number of carbonyl (C=O) groups is 1. The third kappa shape index (κ3) is 4.98. The molecular formula is C29H34N2O4S. The lowest BCUT2D eigenvalue weighted by atomic mass is 9.83. The van der Waals surface area contributed by atoms with Gasteiger partial charge in [0, 0.05) is 17.5 Å². The molecule has 1 atom stereocenters. The minimum absolute atomic E-state index is 0.0832. The maximum absolute atomic E-state index is 13.4. The first-order chi connectivity index (χ1) is 17.1. The molecule has 6 nitrogen and oxygen atoms in total. The number of para-hydroxylation sites is 1. The zero-order valence-corrected chi connectivity index (χ0v) is 22.3. The predicted octanol–water partition coefficient (Wildman–Crippen LogP) is 6.23. The van der Waals surface area contributed by atoms with Gasteiger partial charge in [-0.2, -0.15) is 0 Å². The zero-order valence-electron chi connectivity index (χ0n) is 21.5. The van der Waals surface area contributed by atoms with Crippen molar-refractivity contribution >= 4 is 21.6 Å². The molecule has 0 saturated carbocycles. The summed E-state index contributed by atoms with van der Waals surface area (Å²) in [5.41, 5.74) is 3.82. The maximum atomic E-state index is 13.4. The van der Waals surface area contributed by atoms with Gasteiger partial charge < -0.3 is 10.1 Å². The lowest BCUT2D eigenvalue weighted by molar-refractivity contribution is 0.0227. The van der Waals surface area contributed by atoms with Crippen molar-refractivity contribution in [2.75, 3.05) is 4.72 Å². The van der Waals surface area contributed by atoms with Crippen LogP contribution in [0.25, 0.3) is 0 Å². The second-order valence-electron chi connectivity index (χ2n) is 9.59. The number of carbonyl (C=O) groups excluding carboxylic acids is 1. The number of benzene rings is 3. The molecule has 0 spiro atoms. The van der Waals surface area contributed by atoms with Crippen molar-refractivity contribution in [3.63, 3.8) is 0 Å². The first kappa shape index (κ1) is 25.8. The fourth-order valence-corrected chi connectivity index (χ4v) is 6.16. The first-order valence-electron chi connectivity index (χ1n) is 12.4. The van der Waals surface area contributed by atoms with E-state index in [4.69, 9.17) is 4.74 Å². The fraction of sp³-hybridized carbons (Fsp3) is 0.345. The number of hydrogen-bond acceptors (Lipinski definition) is 4. The minimum atomic E-state index is -3.90. The van der Waals surface area contributed by atoms with Crippen LogP contribution in [0.5, 0.6) is 5.75 Å². The summed E-state index contributed by atoms with van der Waals surface area (Å²) in [4.78, 5) is 13.5. The summed E-state index contributed by atoms with van der Waals surface area (Å²) in [6.07, 6.45) is 2.29. The topological polar surface area (TPSA) is 84.5 Å². The number of ether oxygens (including phenoxy) is 1. The van der Waals surface area contributed by atoms with Gasteiger partial charge in [0.25, 0.3) is 15.9 Å². The molecule has 36 heavy (non-hydrogen) atoms. The van der Waals surface area contributed by atoms with Gasteiger partial charge in [-0.3, -0.25) is 9.52 Å². The summed E-state index contributed by atoms with van der Waals surface area (Å²) < 4.78 is 35.7. The molecule has 0 aliphatic carbocycles. The lowest BCUT2D eigenvalue weighted by Crippen LogP contribution is -2.44. The highest BCUT2D eigenvalue weighted by Crippen LogP contribution is 2.42. The second kappa shape index (κ2) is 9.97. The molecule has 3 aromatic rings. The molecule has 1 aliphatic rings. The minimum Gasteiger partial charge on any atom is -0.487 e. The number of nitrogens with one attached hydrogen (secondary N) is 2. The van der Waals surface area contributed by atoms with Gasteiger partial charge in [-0.15, -0.1) is 0 Å². The van der Waals surface area contributed by atoms with E-state index >= 15 is 0 Å². The quantitative estimate of drug-likeness (QED) is 0.398. The number of aryl methyl sites for hydroxylation is 2. The number of rotatable bonds is 7. The molecule has 1 heterocycles. The molecule has 0 fully saturated rings. The lowest BCUT2D eigenvalue weighted by Gasteiger charge is -2.41. The molecule has 2 N–H and O–H groups in total. The van der Waals surface area contributed by atoms with Crippen molar-refractivity contribution in [1.82, 2.24) is 5.32 Å². The van der Waals surface area contributed by atoms with Crippen molar-refractivity contribution in [2.24, 2.45) is 0 Å². The number of fused-ring (bicyclic) bond motifs is 1. The smallest absolute Gasteiger partial charge is 0.262 e. The Morgan fingerprint density at radius 1 is 0.972 bits per heavy atom. The second-order valence-corrected chi connectivity index (χ2v) is 11.2. The Kier molecular flexibility index (Phi) is 7.14. The molecule has 4 rings (SSSR count). The number of sulfonamides is 1. The Morgan fingerprint density at radius 2 is 1.69 bits per heavy atom. The molecule has 0 radical (unpaired) electrons. The van der Waals surface area contributed by atoms with E-state index in [0.29, 0.717) is 23.2 Å². The molecular weight excluding hydrogens is 472 g/mol. The summed E-state index contributed by atoms with van der Waals surface area (Å²) in [6.45, 7) is 9.73. The fourth-order valence-electron chi connectivity index (χ4n) is 4.76. The van der Waals surface area contributed by atoms with Gasteiger partial charge in [0.2, 0.25) is 0 Å². The highest BCUT2D eigenvalue weighted by Gasteiger charge is 2.39. The van der Waals surface area contributed by atoms with Crippen LogP contribution >= 0.6 is 0 Å². The van der Waals surface area contributed by atoms with Crippen molar-refractivity contribution in [3.8, 4) is 5.75 Å². The van der Waals surface area contributed by atoms with E-state index in [2.05, 4.69) is 23.9 Å². The van der Waals surface area contributed by atoms with Gasteiger partial charge in [0.1, 0.15) is 11.4 Å². The monoisotopic (exact) mass is 506 g/mol. The van der Waals surface area contributed by atoms with Crippen LogP contribution in [0, 0.1) is 20.8 Å². The predicted molar refractivity (Wildman–Crippen MR) is 143 cm³/mol. The first-order valence-corrected chi connectivity index (χ1v) is 13.9. The Morgan fingerprint density at radius 3 is 2.42 bits per heavy atom. The normalized spacial score (nSPS) is 16.5. The van der Waals surface area contributed by atoms with Crippen molar-refractivity contribution in [3.05, 3.63) is 88.5 Å². The van der Waals surface area contributed by atoms with Crippen molar-refractivity contribution in [2.45, 2.75) is 70.4 Å². The molecule has 1 aliphatic heterocycles. The standard InChI is InChI=1S/C29H34N2O4S/c1-6-29(7-2)18-25(23-12-8-9-14-26(23)35-29)30-28(32)22-16-15-20(4)27(17-22)36(33,34)31-24-13-10-11-19(3)21(24)5/h8-17,25,31H,6-7,18H2,1-5H3,(H,30,32)/t25-/m1/s1. The zero-order chi connectivity index (χ0) is 26.1. The molecule has 0 unspecified atom stereocenters. The van der Waals surface area contributed by atoms with Crippen LogP contribution in [-0.4, -0.2) is 19.9 Å². The Labute approximate surface area is 214 Å². The summed E-state index contributed by atoms with van der Waals surface area (Å²) >= 11 is 0. The average Bonchev–Trinajstić information content (AvgIpc) is 2.86. The molecule has 0 bridgehead atoms. The van der Waals surface area contributed by atoms with E-state index in [0.717, 1.165) is 35.3 Å². The Hall–Kier alpha value is -3.32. The Bertz CT molecular complexity index is 1390. The molecule has 0 aromatic heterocycles. The molecule has 3 aromatic carbocycles. The summed E-state index contributed by atoms with van der Waals surface area (Å²) in [7, 11) is -3.90. The van der Waals surface area contributed by atoms with E-state index < -0.39 is 10.0 Å². The summed E-state index contributed by atoms with van der Waals surface area (Å²) in [5.74, 6) is 0.462. The number of anilines is 1. The largest absolute Gasteiger partial charge is 0.487 e. The summed E-state index contributed by atoms with van der Waals surface area (Å²) in [6, 6.07) is 17.8.